The minimum atomic E-state index is 1.12. The van der Waals surface area contributed by atoms with Gasteiger partial charge in [-0.05, 0) is 48.5 Å². The second kappa shape index (κ2) is 9.80. The summed E-state index contributed by atoms with van der Waals surface area (Å²) in [5, 5.41) is 0. The maximum absolute atomic E-state index is 2.27. The molecule has 0 spiro atoms. The summed E-state index contributed by atoms with van der Waals surface area (Å²) in [7, 11) is 0. The summed E-state index contributed by atoms with van der Waals surface area (Å²) in [5.41, 5.74) is 6.78. The van der Waals surface area contributed by atoms with Crippen LogP contribution < -0.4 is 9.48 Å². The van der Waals surface area contributed by atoms with Crippen LogP contribution >= 0.6 is 0 Å². The summed E-state index contributed by atoms with van der Waals surface area (Å²) in [4.78, 5) is 2.27. The average Bonchev–Trinajstić information content (AvgIpc) is 2.91. The topological polar surface area (TPSA) is 6.25 Å². The van der Waals surface area contributed by atoms with Crippen molar-refractivity contribution in [2.24, 2.45) is 0 Å². The number of benzene rings is 5. The fourth-order valence-electron chi connectivity index (χ4n) is 3.94. The summed E-state index contributed by atoms with van der Waals surface area (Å²) in [6.45, 7) is 0. The highest BCUT2D eigenvalue weighted by Gasteiger charge is 2.14. The van der Waals surface area contributed by atoms with Crippen LogP contribution in [0.1, 0.15) is 5.56 Å². The van der Waals surface area contributed by atoms with Gasteiger partial charge in [0.1, 0.15) is 0 Å². The van der Waals surface area contributed by atoms with Crippen molar-refractivity contribution in [1.82, 2.24) is 4.58 Å². The fraction of sp³-hybridized carbons (Fsp3) is 0. The van der Waals surface area contributed by atoms with Gasteiger partial charge in [0.25, 0.3) is 0 Å². The Morgan fingerprint density at radius 2 is 0.758 bits per heavy atom. The molecule has 2 nitrogen and oxygen atoms in total. The Hall–Kier alpha value is -4.43. The zero-order valence-electron chi connectivity index (χ0n) is 18.3. The molecule has 0 fully saturated rings. The molecule has 0 aliphatic carbocycles. The van der Waals surface area contributed by atoms with Crippen molar-refractivity contribution in [2.45, 2.75) is 0 Å². The van der Waals surface area contributed by atoms with Crippen molar-refractivity contribution in [2.75, 3.05) is 4.90 Å². The largest absolute Gasteiger partial charge is 0.311 e. The van der Waals surface area contributed by atoms with Crippen LogP contribution in [-0.2, 0) is 0 Å². The van der Waals surface area contributed by atoms with Crippen molar-refractivity contribution < 1.29 is 0 Å². The molecule has 0 aliphatic heterocycles. The fourth-order valence-corrected chi connectivity index (χ4v) is 3.94. The first kappa shape index (κ1) is 20.5. The molecular weight excluding hydrogens is 400 g/mol. The second-order valence-electron chi connectivity index (χ2n) is 7.77. The molecule has 0 heterocycles. The number of hydrogen-bond donors (Lipinski definition) is 0. The predicted molar refractivity (Wildman–Crippen MR) is 141 cm³/mol. The Morgan fingerprint density at radius 1 is 0.394 bits per heavy atom. The van der Waals surface area contributed by atoms with Gasteiger partial charge in [0.05, 0.1) is 0 Å². The van der Waals surface area contributed by atoms with Crippen molar-refractivity contribution in [3.05, 3.63) is 151 Å². The molecule has 0 saturated carbocycles. The van der Waals surface area contributed by atoms with Gasteiger partial charge in [-0.3, -0.25) is 0 Å². The monoisotopic (exact) mass is 425 g/mol. The molecule has 5 rings (SSSR count). The molecule has 0 saturated heterocycles. The van der Waals surface area contributed by atoms with Gasteiger partial charge < -0.3 is 4.90 Å². The van der Waals surface area contributed by atoms with Crippen LogP contribution in [0.15, 0.2) is 146 Å². The van der Waals surface area contributed by atoms with Gasteiger partial charge in [0, 0.05) is 46.9 Å². The molecule has 5 aromatic carbocycles. The standard InChI is InChI=1S/C31H25N2/c1-5-13-27(14-6-1)32(28-15-7-2-8-16-28)25-26-21-23-31(24-22-26)33(29-17-9-3-10-18-29)30-19-11-4-12-20-30/h1-25H/q+1. The lowest BCUT2D eigenvalue weighted by atomic mass is 10.1. The smallest absolute Gasteiger partial charge is 0.211 e. The molecule has 0 radical (unpaired) electrons. The first-order chi connectivity index (χ1) is 16.4. The van der Waals surface area contributed by atoms with E-state index in [1.165, 1.54) is 0 Å². The van der Waals surface area contributed by atoms with Gasteiger partial charge in [0.15, 0.2) is 6.21 Å². The van der Waals surface area contributed by atoms with Gasteiger partial charge in [-0.15, -0.1) is 0 Å². The molecule has 5 aromatic rings. The molecule has 2 heteroatoms. The third kappa shape index (κ3) is 4.76. The SMILES string of the molecule is C(c1ccc(N(c2ccccc2)c2ccccc2)cc1)=[N+](c1ccccc1)c1ccccc1. The van der Waals surface area contributed by atoms with Crippen LogP contribution in [0.5, 0.6) is 0 Å². The van der Waals surface area contributed by atoms with Gasteiger partial charge in [-0.2, -0.15) is 4.58 Å². The Kier molecular flexibility index (Phi) is 6.08. The van der Waals surface area contributed by atoms with Gasteiger partial charge >= 0.3 is 0 Å². The molecule has 0 aliphatic rings. The highest BCUT2D eigenvalue weighted by molar-refractivity contribution is 5.87. The third-order valence-corrected chi connectivity index (χ3v) is 5.53. The van der Waals surface area contributed by atoms with Gasteiger partial charge in [-0.1, -0.05) is 72.8 Å². The molecule has 0 aromatic heterocycles. The molecule has 0 atom stereocenters. The molecule has 158 valence electrons. The highest BCUT2D eigenvalue weighted by Crippen LogP contribution is 2.34. The van der Waals surface area contributed by atoms with E-state index in [0.29, 0.717) is 0 Å². The van der Waals surface area contributed by atoms with E-state index in [1.807, 2.05) is 24.3 Å². The van der Waals surface area contributed by atoms with Gasteiger partial charge in [0.2, 0.25) is 11.4 Å². The summed E-state index contributed by atoms with van der Waals surface area (Å²) in [6, 6.07) is 50.5. The Balaban J connectivity index is 1.54. The summed E-state index contributed by atoms with van der Waals surface area (Å²) in [5.74, 6) is 0. The minimum Gasteiger partial charge on any atom is -0.311 e. The number of nitrogens with zero attached hydrogens (tertiary/aromatic N) is 2. The Bertz CT molecular complexity index is 1230. The van der Waals surface area contributed by atoms with E-state index in [0.717, 1.165) is 34.0 Å². The van der Waals surface area contributed by atoms with Gasteiger partial charge in [-0.25, -0.2) is 0 Å². The third-order valence-electron chi connectivity index (χ3n) is 5.53. The summed E-state index contributed by atoms with van der Waals surface area (Å²) < 4.78 is 2.22. The molecule has 0 unspecified atom stereocenters. The highest BCUT2D eigenvalue weighted by atomic mass is 15.1. The van der Waals surface area contributed by atoms with E-state index in [4.69, 9.17) is 0 Å². The van der Waals surface area contributed by atoms with Crippen LogP contribution in [0, 0.1) is 0 Å². The minimum absolute atomic E-state index is 1.12. The number of hydrogen-bond acceptors (Lipinski definition) is 1. The first-order valence-electron chi connectivity index (χ1n) is 11.1. The normalized spacial score (nSPS) is 10.4. The number of anilines is 3. The number of rotatable bonds is 6. The second-order valence-corrected chi connectivity index (χ2v) is 7.77. The zero-order valence-corrected chi connectivity index (χ0v) is 18.3. The van der Waals surface area contributed by atoms with Crippen molar-refractivity contribution in [1.29, 1.82) is 0 Å². The van der Waals surface area contributed by atoms with E-state index >= 15 is 0 Å². The first-order valence-corrected chi connectivity index (χ1v) is 11.1. The van der Waals surface area contributed by atoms with Crippen LogP contribution in [0.2, 0.25) is 0 Å². The lowest BCUT2D eigenvalue weighted by molar-refractivity contribution is 1.10. The Morgan fingerprint density at radius 3 is 1.18 bits per heavy atom. The zero-order chi connectivity index (χ0) is 22.3. The molecule has 0 N–H and O–H groups in total. The maximum Gasteiger partial charge on any atom is 0.211 e. The van der Waals surface area contributed by atoms with Crippen molar-refractivity contribution >= 4 is 34.7 Å². The van der Waals surface area contributed by atoms with Crippen molar-refractivity contribution in [3.63, 3.8) is 0 Å². The van der Waals surface area contributed by atoms with E-state index in [2.05, 4.69) is 137 Å². The summed E-state index contributed by atoms with van der Waals surface area (Å²) >= 11 is 0. The molecule has 0 bridgehead atoms. The molecule has 0 amide bonds. The van der Waals surface area contributed by atoms with Crippen LogP contribution in [0.3, 0.4) is 0 Å². The van der Waals surface area contributed by atoms with Crippen LogP contribution in [-0.4, -0.2) is 6.21 Å². The lowest BCUT2D eigenvalue weighted by Crippen LogP contribution is -2.10. The van der Waals surface area contributed by atoms with E-state index in [9.17, 15) is 0 Å². The van der Waals surface area contributed by atoms with Crippen molar-refractivity contribution in [3.8, 4) is 0 Å². The summed E-state index contributed by atoms with van der Waals surface area (Å²) in [6.07, 6.45) is 2.18. The molecule has 33 heavy (non-hydrogen) atoms. The van der Waals surface area contributed by atoms with Crippen LogP contribution in [0.4, 0.5) is 28.4 Å². The molecular formula is C31H25N2+. The van der Waals surface area contributed by atoms with E-state index in [1.54, 1.807) is 0 Å². The maximum atomic E-state index is 2.27. The predicted octanol–water partition coefficient (Wildman–Crippen LogP) is 8.11. The number of para-hydroxylation sites is 4. The average molecular weight is 426 g/mol. The lowest BCUT2D eigenvalue weighted by Gasteiger charge is -2.25. The van der Waals surface area contributed by atoms with E-state index in [-0.39, 0.29) is 0 Å². The Labute approximate surface area is 195 Å². The van der Waals surface area contributed by atoms with E-state index < -0.39 is 0 Å². The van der Waals surface area contributed by atoms with Crippen LogP contribution in [0.25, 0.3) is 0 Å². The quantitative estimate of drug-likeness (QED) is 0.197.